The average molecular weight is 548 g/mol. The van der Waals surface area contributed by atoms with Crippen molar-refractivity contribution in [2.75, 3.05) is 11.5 Å². The van der Waals surface area contributed by atoms with Crippen LogP contribution in [-0.4, -0.2) is 79.4 Å². The number of rotatable bonds is 13. The van der Waals surface area contributed by atoms with Gasteiger partial charge in [0.15, 0.2) is 0 Å². The van der Waals surface area contributed by atoms with Crippen LogP contribution >= 0.6 is 25.3 Å². The van der Waals surface area contributed by atoms with E-state index >= 15 is 0 Å². The van der Waals surface area contributed by atoms with Gasteiger partial charge in [-0.05, 0) is 18.1 Å². The predicted molar refractivity (Wildman–Crippen MR) is 143 cm³/mol. The Balaban J connectivity index is 1.65. The van der Waals surface area contributed by atoms with Gasteiger partial charge in [-0.1, -0.05) is 18.2 Å². The van der Waals surface area contributed by atoms with Crippen molar-refractivity contribution in [3.63, 3.8) is 0 Å². The number of carbonyl (C=O) groups is 4. The first-order valence-electron chi connectivity index (χ1n) is 11.4. The normalized spacial score (nSPS) is 14.4. The Morgan fingerprint density at radius 2 is 1.57 bits per heavy atom. The fraction of sp³-hybridized carbons (Fsp3) is 0.348. The second kappa shape index (κ2) is 13.2. The number of aromatic nitrogens is 3. The van der Waals surface area contributed by atoms with E-state index in [0.717, 1.165) is 16.5 Å². The third-order valence-corrected chi connectivity index (χ3v) is 6.41. The van der Waals surface area contributed by atoms with Gasteiger partial charge in [0.05, 0.1) is 12.4 Å². The number of thiol groups is 2. The number of nitrogens with zero attached hydrogens (tertiary/aromatic N) is 1. The van der Waals surface area contributed by atoms with Crippen molar-refractivity contribution in [3.8, 4) is 0 Å². The maximum atomic E-state index is 13.0. The largest absolute Gasteiger partial charge is 0.480 e. The molecule has 0 fully saturated rings. The van der Waals surface area contributed by atoms with Gasteiger partial charge in [0.2, 0.25) is 17.7 Å². The maximum absolute atomic E-state index is 13.0. The van der Waals surface area contributed by atoms with Gasteiger partial charge >= 0.3 is 5.97 Å². The van der Waals surface area contributed by atoms with E-state index in [1.54, 1.807) is 6.20 Å². The molecule has 12 nitrogen and oxygen atoms in total. The van der Waals surface area contributed by atoms with Gasteiger partial charge in [0, 0.05) is 46.9 Å². The van der Waals surface area contributed by atoms with E-state index < -0.39 is 47.9 Å². The summed E-state index contributed by atoms with van der Waals surface area (Å²) in [4.78, 5) is 59.8. The summed E-state index contributed by atoms with van der Waals surface area (Å²) < 4.78 is 0. The molecule has 3 rings (SSSR count). The van der Waals surface area contributed by atoms with Crippen molar-refractivity contribution in [1.29, 1.82) is 0 Å². The topological polar surface area (TPSA) is 195 Å². The number of carboxylic acid groups (broad SMARTS) is 1. The highest BCUT2D eigenvalue weighted by molar-refractivity contribution is 7.80. The van der Waals surface area contributed by atoms with Gasteiger partial charge in [-0.15, -0.1) is 0 Å². The highest BCUT2D eigenvalue weighted by Gasteiger charge is 2.30. The number of para-hydroxylation sites is 1. The average Bonchev–Trinajstić information content (AvgIpc) is 3.55. The fourth-order valence-electron chi connectivity index (χ4n) is 3.66. The molecule has 37 heavy (non-hydrogen) atoms. The van der Waals surface area contributed by atoms with Gasteiger partial charge in [-0.2, -0.15) is 25.3 Å². The first-order valence-corrected chi connectivity index (χ1v) is 12.6. The Bertz CT molecular complexity index is 1230. The number of H-pyrrole nitrogens is 2. The number of aromatic amines is 2. The van der Waals surface area contributed by atoms with E-state index in [9.17, 15) is 24.3 Å². The summed E-state index contributed by atoms with van der Waals surface area (Å²) >= 11 is 8.11. The van der Waals surface area contributed by atoms with E-state index in [1.807, 2.05) is 24.3 Å². The zero-order chi connectivity index (χ0) is 26.9. The number of hydrogen-bond acceptors (Lipinski definition) is 8. The van der Waals surface area contributed by atoms with Gasteiger partial charge in [0.1, 0.15) is 18.1 Å². The van der Waals surface area contributed by atoms with Crippen LogP contribution in [0.5, 0.6) is 0 Å². The highest BCUT2D eigenvalue weighted by atomic mass is 32.1. The van der Waals surface area contributed by atoms with Crippen molar-refractivity contribution in [3.05, 3.63) is 54.2 Å². The third kappa shape index (κ3) is 7.50. The fourth-order valence-corrected chi connectivity index (χ4v) is 4.16. The molecular formula is C23H29N7O5S2. The number of hydrogen-bond donors (Lipinski definition) is 9. The van der Waals surface area contributed by atoms with Crippen LogP contribution in [0.25, 0.3) is 10.9 Å². The lowest BCUT2D eigenvalue weighted by Gasteiger charge is -2.24. The minimum atomic E-state index is -1.26. The van der Waals surface area contributed by atoms with Crippen molar-refractivity contribution >= 4 is 59.9 Å². The molecule has 0 saturated carbocycles. The SMILES string of the molecule is NC(Cc1c[nH]c2ccccc12)C(=O)NC(CS)C(=O)NC(Cc1cnc[nH]1)C(=O)NC(CS)C(=O)O. The van der Waals surface area contributed by atoms with E-state index in [2.05, 4.69) is 56.2 Å². The Morgan fingerprint density at radius 1 is 0.919 bits per heavy atom. The number of nitrogens with two attached hydrogens (primary N) is 1. The molecule has 2 heterocycles. The molecular weight excluding hydrogens is 518 g/mol. The van der Waals surface area contributed by atoms with Gasteiger partial charge in [-0.3, -0.25) is 14.4 Å². The molecule has 0 aliphatic carbocycles. The lowest BCUT2D eigenvalue weighted by Crippen LogP contribution is -2.58. The molecule has 0 spiro atoms. The monoisotopic (exact) mass is 547 g/mol. The summed E-state index contributed by atoms with van der Waals surface area (Å²) in [5.41, 5.74) is 8.43. The molecule has 0 saturated heterocycles. The summed E-state index contributed by atoms with van der Waals surface area (Å²) in [6, 6.07) is 3.17. The summed E-state index contributed by atoms with van der Waals surface area (Å²) in [5, 5.41) is 17.7. The first kappa shape index (κ1) is 28.1. The van der Waals surface area contributed by atoms with Crippen LogP contribution in [-0.2, 0) is 32.0 Å². The summed E-state index contributed by atoms with van der Waals surface area (Å²) in [6.07, 6.45) is 4.91. The number of imidazole rings is 1. The number of benzene rings is 1. The number of carbonyl (C=O) groups excluding carboxylic acids is 3. The van der Waals surface area contributed by atoms with Crippen LogP contribution in [0.3, 0.4) is 0 Å². The molecule has 4 atom stereocenters. The Morgan fingerprint density at radius 3 is 2.22 bits per heavy atom. The van der Waals surface area contributed by atoms with Crippen LogP contribution < -0.4 is 21.7 Å². The van der Waals surface area contributed by atoms with Crippen LogP contribution in [0.15, 0.2) is 43.0 Å². The minimum Gasteiger partial charge on any atom is -0.480 e. The lowest BCUT2D eigenvalue weighted by molar-refractivity contribution is -0.141. The van der Waals surface area contributed by atoms with Gasteiger partial charge < -0.3 is 36.8 Å². The Labute approximate surface area is 223 Å². The van der Waals surface area contributed by atoms with Crippen molar-refractivity contribution in [2.24, 2.45) is 5.73 Å². The molecule has 8 N–H and O–H groups in total. The standard InChI is InChI=1S/C23H29N7O5S2/c24-15(5-12-7-26-16-4-2-1-3-14(12)16)20(31)29-18(9-36)22(33)28-17(6-13-8-25-11-27-13)21(32)30-19(10-37)23(34)35/h1-4,7-8,11,15,17-19,26,36-37H,5-6,9-10,24H2,(H,25,27)(H,28,33)(H,29,31)(H,30,32)(H,34,35). The quantitative estimate of drug-likeness (QED) is 0.127. The second-order valence-corrected chi connectivity index (χ2v) is 9.07. The van der Waals surface area contributed by atoms with Gasteiger partial charge in [-0.25, -0.2) is 9.78 Å². The summed E-state index contributed by atoms with van der Waals surface area (Å²) in [5.74, 6) is -3.45. The van der Waals surface area contributed by atoms with Crippen LogP contribution in [0.2, 0.25) is 0 Å². The van der Waals surface area contributed by atoms with E-state index in [4.69, 9.17) is 5.73 Å². The number of carboxylic acids is 1. The zero-order valence-electron chi connectivity index (χ0n) is 19.7. The third-order valence-electron chi connectivity index (χ3n) is 5.68. The molecule has 2 aromatic heterocycles. The van der Waals surface area contributed by atoms with Gasteiger partial charge in [0.25, 0.3) is 0 Å². The first-order chi connectivity index (χ1) is 17.7. The molecule has 198 valence electrons. The lowest BCUT2D eigenvalue weighted by atomic mass is 10.0. The minimum absolute atomic E-state index is 0.00377. The maximum Gasteiger partial charge on any atom is 0.327 e. The molecule has 14 heteroatoms. The Hall–Kier alpha value is -3.49. The molecule has 1 aromatic carbocycles. The predicted octanol–water partition coefficient (Wildman–Crippen LogP) is -0.598. The number of aliphatic carboxylic acids is 1. The van der Waals surface area contributed by atoms with Crippen LogP contribution in [0, 0.1) is 0 Å². The van der Waals surface area contributed by atoms with Crippen molar-refractivity contribution in [1.82, 2.24) is 30.9 Å². The van der Waals surface area contributed by atoms with Crippen LogP contribution in [0.1, 0.15) is 11.3 Å². The van der Waals surface area contributed by atoms with E-state index in [-0.39, 0.29) is 24.3 Å². The summed E-state index contributed by atoms with van der Waals surface area (Å²) in [7, 11) is 0. The second-order valence-electron chi connectivity index (χ2n) is 8.34. The molecule has 0 bridgehead atoms. The van der Waals surface area contributed by atoms with E-state index in [0.29, 0.717) is 5.69 Å². The molecule has 0 aliphatic heterocycles. The molecule has 4 unspecified atom stereocenters. The number of amides is 3. The highest BCUT2D eigenvalue weighted by Crippen LogP contribution is 2.18. The van der Waals surface area contributed by atoms with Crippen LogP contribution in [0.4, 0.5) is 0 Å². The molecule has 3 amide bonds. The summed E-state index contributed by atoms with van der Waals surface area (Å²) in [6.45, 7) is 0. The number of nitrogens with one attached hydrogen (secondary N) is 5. The molecule has 0 aliphatic rings. The molecule has 3 aromatic rings. The van der Waals surface area contributed by atoms with E-state index in [1.165, 1.54) is 12.5 Å². The number of fused-ring (bicyclic) bond motifs is 1. The van der Waals surface area contributed by atoms with Crippen molar-refractivity contribution in [2.45, 2.75) is 37.0 Å². The molecule has 0 radical (unpaired) electrons. The Kier molecular flexibility index (Phi) is 10.00. The smallest absolute Gasteiger partial charge is 0.327 e. The van der Waals surface area contributed by atoms with Crippen molar-refractivity contribution < 1.29 is 24.3 Å². The zero-order valence-corrected chi connectivity index (χ0v) is 21.5.